The molecule has 2 aliphatic rings. The van der Waals surface area contributed by atoms with Crippen molar-refractivity contribution >= 4 is 23.2 Å². The van der Waals surface area contributed by atoms with Crippen LogP contribution in [0.3, 0.4) is 0 Å². The predicted octanol–water partition coefficient (Wildman–Crippen LogP) is 2.47. The Morgan fingerprint density at radius 1 is 1.00 bits per heavy atom. The summed E-state index contributed by atoms with van der Waals surface area (Å²) in [7, 11) is 1.74. The lowest BCUT2D eigenvalue weighted by Crippen LogP contribution is -2.39. The lowest BCUT2D eigenvalue weighted by Gasteiger charge is -2.31. The number of benzene rings is 1. The first-order chi connectivity index (χ1) is 15.4. The molecule has 1 saturated carbocycles. The van der Waals surface area contributed by atoms with E-state index in [1.807, 2.05) is 4.57 Å². The van der Waals surface area contributed by atoms with Crippen LogP contribution < -0.4 is 16.3 Å². The summed E-state index contributed by atoms with van der Waals surface area (Å²) in [4.78, 5) is 38.4. The average Bonchev–Trinajstić information content (AvgIpc) is 3.38. The smallest absolute Gasteiger partial charge is 0.326 e. The Morgan fingerprint density at radius 3 is 2.19 bits per heavy atom. The van der Waals surface area contributed by atoms with Crippen LogP contribution in [0.25, 0.3) is 0 Å². The molecule has 2 heterocycles. The SMILES string of the molecule is CC(=O)Nc1ccc(NC(=O)CN2CCC(c3nn(C)c(=O)n3C3CCCC3)CC2)cc1. The van der Waals surface area contributed by atoms with Crippen molar-refractivity contribution in [1.29, 1.82) is 0 Å². The number of carbonyl (C=O) groups excluding carboxylic acids is 2. The van der Waals surface area contributed by atoms with Crippen LogP contribution in [0.5, 0.6) is 0 Å². The second-order valence-corrected chi connectivity index (χ2v) is 8.93. The molecule has 2 amide bonds. The van der Waals surface area contributed by atoms with Crippen LogP contribution in [0, 0.1) is 0 Å². The van der Waals surface area contributed by atoms with E-state index < -0.39 is 0 Å². The van der Waals surface area contributed by atoms with Gasteiger partial charge in [0.2, 0.25) is 11.8 Å². The van der Waals surface area contributed by atoms with Gasteiger partial charge in [-0.15, -0.1) is 0 Å². The maximum atomic E-state index is 12.7. The Morgan fingerprint density at radius 2 is 1.59 bits per heavy atom. The molecule has 0 radical (unpaired) electrons. The molecule has 0 unspecified atom stereocenters. The molecule has 1 aliphatic heterocycles. The van der Waals surface area contributed by atoms with Gasteiger partial charge in [0.25, 0.3) is 0 Å². The molecule has 1 aromatic carbocycles. The van der Waals surface area contributed by atoms with Crippen LogP contribution in [0.1, 0.15) is 63.2 Å². The van der Waals surface area contributed by atoms with Crippen LogP contribution in [0.4, 0.5) is 11.4 Å². The summed E-state index contributed by atoms with van der Waals surface area (Å²) in [5.41, 5.74) is 1.40. The zero-order chi connectivity index (χ0) is 22.7. The van der Waals surface area contributed by atoms with Gasteiger partial charge in [-0.05, 0) is 63.0 Å². The number of nitrogens with one attached hydrogen (secondary N) is 2. The largest absolute Gasteiger partial charge is 0.345 e. The van der Waals surface area contributed by atoms with Crippen molar-refractivity contribution in [2.24, 2.45) is 7.05 Å². The first kappa shape index (κ1) is 22.3. The van der Waals surface area contributed by atoms with E-state index in [0.29, 0.717) is 17.9 Å². The number of carbonyl (C=O) groups is 2. The number of anilines is 2. The van der Waals surface area contributed by atoms with Crippen molar-refractivity contribution < 1.29 is 9.59 Å². The van der Waals surface area contributed by atoms with Crippen LogP contribution in [-0.2, 0) is 16.6 Å². The van der Waals surface area contributed by atoms with Crippen molar-refractivity contribution in [3.05, 3.63) is 40.6 Å². The van der Waals surface area contributed by atoms with Crippen LogP contribution in [-0.4, -0.2) is 50.7 Å². The normalized spacial score (nSPS) is 18.1. The number of likely N-dealkylation sites (tertiary alicyclic amines) is 1. The third-order valence-electron chi connectivity index (χ3n) is 6.48. The number of rotatable bonds is 6. The summed E-state index contributed by atoms with van der Waals surface area (Å²) < 4.78 is 3.43. The Labute approximate surface area is 187 Å². The van der Waals surface area contributed by atoms with Gasteiger partial charge in [0, 0.05) is 37.3 Å². The number of aromatic nitrogens is 3. The molecular formula is C23H32N6O3. The van der Waals surface area contributed by atoms with Gasteiger partial charge in [-0.1, -0.05) is 12.8 Å². The number of piperidine rings is 1. The molecule has 32 heavy (non-hydrogen) atoms. The Bertz CT molecular complexity index is 1010. The molecular weight excluding hydrogens is 408 g/mol. The lowest BCUT2D eigenvalue weighted by molar-refractivity contribution is -0.117. The van der Waals surface area contributed by atoms with Gasteiger partial charge in [0.15, 0.2) is 0 Å². The minimum Gasteiger partial charge on any atom is -0.326 e. The summed E-state index contributed by atoms with van der Waals surface area (Å²) in [5, 5.41) is 10.2. The summed E-state index contributed by atoms with van der Waals surface area (Å²) in [6.07, 6.45) is 6.25. The highest BCUT2D eigenvalue weighted by atomic mass is 16.2. The molecule has 1 saturated heterocycles. The zero-order valence-electron chi connectivity index (χ0n) is 18.8. The fourth-order valence-electron chi connectivity index (χ4n) is 4.88. The zero-order valence-corrected chi connectivity index (χ0v) is 18.8. The van der Waals surface area contributed by atoms with Gasteiger partial charge in [-0.2, -0.15) is 5.10 Å². The van der Waals surface area contributed by atoms with Gasteiger partial charge < -0.3 is 10.6 Å². The van der Waals surface area contributed by atoms with Gasteiger partial charge >= 0.3 is 5.69 Å². The molecule has 2 aromatic rings. The number of hydrogen-bond acceptors (Lipinski definition) is 5. The van der Waals surface area contributed by atoms with Gasteiger partial charge in [-0.25, -0.2) is 9.48 Å². The average molecular weight is 441 g/mol. The molecule has 2 fully saturated rings. The molecule has 172 valence electrons. The molecule has 0 atom stereocenters. The summed E-state index contributed by atoms with van der Waals surface area (Å²) in [6, 6.07) is 7.36. The van der Waals surface area contributed by atoms with E-state index in [2.05, 4.69) is 20.6 Å². The summed E-state index contributed by atoms with van der Waals surface area (Å²) in [6.45, 7) is 3.39. The molecule has 9 heteroatoms. The maximum absolute atomic E-state index is 12.7. The third kappa shape index (κ3) is 5.09. The van der Waals surface area contributed by atoms with Gasteiger partial charge in [0.1, 0.15) is 5.82 Å². The maximum Gasteiger partial charge on any atom is 0.345 e. The van der Waals surface area contributed by atoms with Crippen LogP contribution in [0.15, 0.2) is 29.1 Å². The van der Waals surface area contributed by atoms with E-state index in [0.717, 1.165) is 44.6 Å². The minimum absolute atomic E-state index is 0.00164. The molecule has 1 aliphatic carbocycles. The second kappa shape index (κ2) is 9.68. The first-order valence-corrected chi connectivity index (χ1v) is 11.5. The highest BCUT2D eigenvalue weighted by Gasteiger charge is 2.30. The van der Waals surface area contributed by atoms with Crippen LogP contribution in [0.2, 0.25) is 0 Å². The molecule has 4 rings (SSSR count). The second-order valence-electron chi connectivity index (χ2n) is 8.93. The van der Waals surface area contributed by atoms with Crippen molar-refractivity contribution in [2.75, 3.05) is 30.3 Å². The first-order valence-electron chi connectivity index (χ1n) is 11.5. The lowest BCUT2D eigenvalue weighted by atomic mass is 9.95. The Kier molecular flexibility index (Phi) is 6.74. The molecule has 2 N–H and O–H groups in total. The topological polar surface area (TPSA) is 101 Å². The predicted molar refractivity (Wildman–Crippen MR) is 123 cm³/mol. The summed E-state index contributed by atoms with van der Waals surface area (Å²) >= 11 is 0. The monoisotopic (exact) mass is 440 g/mol. The van der Waals surface area contributed by atoms with E-state index in [1.54, 1.807) is 31.3 Å². The van der Waals surface area contributed by atoms with Crippen molar-refractivity contribution in [1.82, 2.24) is 19.2 Å². The Balaban J connectivity index is 1.31. The standard InChI is InChI=1S/C23H32N6O3/c1-16(30)24-18-7-9-19(10-8-18)25-21(31)15-28-13-11-17(12-14-28)22-26-27(2)23(32)29(22)20-5-3-4-6-20/h7-10,17,20H,3-6,11-15H2,1-2H3,(H,24,30)(H,25,31). The van der Waals surface area contributed by atoms with E-state index in [4.69, 9.17) is 0 Å². The molecule has 9 nitrogen and oxygen atoms in total. The fraction of sp³-hybridized carbons (Fsp3) is 0.565. The number of nitrogens with zero attached hydrogens (tertiary/aromatic N) is 4. The highest BCUT2D eigenvalue weighted by molar-refractivity contribution is 5.93. The van der Waals surface area contributed by atoms with Crippen molar-refractivity contribution in [2.45, 2.75) is 57.4 Å². The van der Waals surface area contributed by atoms with Crippen molar-refractivity contribution in [3.63, 3.8) is 0 Å². The number of amides is 2. The third-order valence-corrected chi connectivity index (χ3v) is 6.48. The quantitative estimate of drug-likeness (QED) is 0.719. The minimum atomic E-state index is -0.129. The molecule has 0 spiro atoms. The Hall–Kier alpha value is -2.94. The van der Waals surface area contributed by atoms with E-state index in [-0.39, 0.29) is 29.5 Å². The number of aryl methyl sites for hydroxylation is 1. The molecule has 0 bridgehead atoms. The van der Waals surface area contributed by atoms with Gasteiger partial charge in [0.05, 0.1) is 6.54 Å². The summed E-state index contributed by atoms with van der Waals surface area (Å²) in [5.74, 6) is 0.991. The van der Waals surface area contributed by atoms with Crippen molar-refractivity contribution in [3.8, 4) is 0 Å². The van der Waals surface area contributed by atoms with E-state index >= 15 is 0 Å². The number of hydrogen-bond donors (Lipinski definition) is 2. The van der Waals surface area contributed by atoms with Gasteiger partial charge in [-0.3, -0.25) is 19.1 Å². The highest BCUT2D eigenvalue weighted by Crippen LogP contribution is 2.33. The van der Waals surface area contributed by atoms with E-state index in [9.17, 15) is 14.4 Å². The molecule has 1 aromatic heterocycles. The van der Waals surface area contributed by atoms with Crippen LogP contribution >= 0.6 is 0 Å². The fourth-order valence-corrected chi connectivity index (χ4v) is 4.88. The van der Waals surface area contributed by atoms with E-state index in [1.165, 1.54) is 24.4 Å².